The van der Waals surface area contributed by atoms with Crippen LogP contribution in [-0.2, 0) is 0 Å². The van der Waals surface area contributed by atoms with E-state index in [4.69, 9.17) is 0 Å². The summed E-state index contributed by atoms with van der Waals surface area (Å²) >= 11 is 3.36. The zero-order valence-corrected chi connectivity index (χ0v) is 13.4. The molecule has 0 amide bonds. The summed E-state index contributed by atoms with van der Waals surface area (Å²) in [4.78, 5) is 25.1. The SMILES string of the molecule is Brc1cnc(N2CCN(c3ncnc4cc[nH]c34)CC2)nc1. The van der Waals surface area contributed by atoms with Crippen molar-refractivity contribution in [2.45, 2.75) is 0 Å². The predicted molar refractivity (Wildman–Crippen MR) is 88.0 cm³/mol. The van der Waals surface area contributed by atoms with E-state index < -0.39 is 0 Å². The predicted octanol–water partition coefficient (Wildman–Crippen LogP) is 1.84. The number of rotatable bonds is 2. The lowest BCUT2D eigenvalue weighted by Crippen LogP contribution is -2.47. The first-order valence-electron chi connectivity index (χ1n) is 7.07. The Hall–Kier alpha value is -2.22. The normalized spacial score (nSPS) is 15.5. The van der Waals surface area contributed by atoms with Crippen LogP contribution in [0.2, 0.25) is 0 Å². The van der Waals surface area contributed by atoms with E-state index in [9.17, 15) is 0 Å². The maximum Gasteiger partial charge on any atom is 0.225 e. The van der Waals surface area contributed by atoms with Crippen molar-refractivity contribution in [3.63, 3.8) is 0 Å². The number of nitrogens with zero attached hydrogens (tertiary/aromatic N) is 6. The molecule has 0 spiro atoms. The maximum atomic E-state index is 4.44. The summed E-state index contributed by atoms with van der Waals surface area (Å²) in [5.41, 5.74) is 1.94. The van der Waals surface area contributed by atoms with Crippen molar-refractivity contribution in [3.05, 3.63) is 35.5 Å². The summed E-state index contributed by atoms with van der Waals surface area (Å²) in [5.74, 6) is 1.74. The van der Waals surface area contributed by atoms with Gasteiger partial charge in [0.1, 0.15) is 11.8 Å². The number of aromatic amines is 1. The lowest BCUT2D eigenvalue weighted by Gasteiger charge is -2.35. The molecule has 1 fully saturated rings. The molecule has 0 aliphatic carbocycles. The summed E-state index contributed by atoms with van der Waals surface area (Å²) in [6, 6.07) is 1.96. The van der Waals surface area contributed by atoms with Gasteiger partial charge in [-0.1, -0.05) is 0 Å². The Bertz CT molecular complexity index is 777. The standard InChI is InChI=1S/C14H14BrN7/c15-10-7-17-14(18-8-10)22-5-3-21(4-6-22)13-12-11(1-2-16-12)19-9-20-13/h1-2,7-9,16H,3-6H2. The van der Waals surface area contributed by atoms with E-state index in [0.29, 0.717) is 0 Å². The molecule has 1 N–H and O–H groups in total. The van der Waals surface area contributed by atoms with Gasteiger partial charge in [-0.25, -0.2) is 19.9 Å². The highest BCUT2D eigenvalue weighted by Crippen LogP contribution is 2.23. The number of halogens is 1. The molecule has 0 bridgehead atoms. The van der Waals surface area contributed by atoms with Crippen LogP contribution in [0.15, 0.2) is 35.5 Å². The van der Waals surface area contributed by atoms with Gasteiger partial charge in [-0.3, -0.25) is 0 Å². The largest absolute Gasteiger partial charge is 0.357 e. The number of anilines is 2. The van der Waals surface area contributed by atoms with Crippen LogP contribution in [0.5, 0.6) is 0 Å². The topological polar surface area (TPSA) is 73.8 Å². The van der Waals surface area contributed by atoms with E-state index in [1.165, 1.54) is 0 Å². The van der Waals surface area contributed by atoms with Gasteiger partial charge >= 0.3 is 0 Å². The fraction of sp³-hybridized carbons (Fsp3) is 0.286. The number of H-pyrrole nitrogens is 1. The van der Waals surface area contributed by atoms with Gasteiger partial charge in [0.2, 0.25) is 5.95 Å². The summed E-state index contributed by atoms with van der Waals surface area (Å²) in [6.07, 6.45) is 7.08. The average molecular weight is 360 g/mol. The highest BCUT2D eigenvalue weighted by molar-refractivity contribution is 9.10. The summed E-state index contributed by atoms with van der Waals surface area (Å²) in [6.45, 7) is 3.50. The molecule has 112 valence electrons. The monoisotopic (exact) mass is 359 g/mol. The van der Waals surface area contributed by atoms with Crippen LogP contribution in [0.4, 0.5) is 11.8 Å². The molecule has 4 heterocycles. The van der Waals surface area contributed by atoms with Gasteiger partial charge in [-0.05, 0) is 22.0 Å². The average Bonchev–Trinajstić information content (AvgIpc) is 3.04. The molecule has 0 unspecified atom stereocenters. The Balaban J connectivity index is 1.52. The minimum atomic E-state index is 0.774. The maximum absolute atomic E-state index is 4.44. The van der Waals surface area contributed by atoms with E-state index in [-0.39, 0.29) is 0 Å². The van der Waals surface area contributed by atoms with Gasteiger partial charge in [0, 0.05) is 44.8 Å². The Morgan fingerprint density at radius 2 is 1.68 bits per heavy atom. The molecule has 3 aromatic rings. The molecular weight excluding hydrogens is 346 g/mol. The smallest absolute Gasteiger partial charge is 0.225 e. The van der Waals surface area contributed by atoms with Crippen molar-refractivity contribution in [1.82, 2.24) is 24.9 Å². The van der Waals surface area contributed by atoms with Crippen LogP contribution in [0, 0.1) is 0 Å². The fourth-order valence-electron chi connectivity index (χ4n) is 2.68. The van der Waals surface area contributed by atoms with E-state index >= 15 is 0 Å². The lowest BCUT2D eigenvalue weighted by atomic mass is 10.3. The van der Waals surface area contributed by atoms with Crippen molar-refractivity contribution in [2.75, 3.05) is 36.0 Å². The van der Waals surface area contributed by atoms with Crippen LogP contribution in [-0.4, -0.2) is 51.1 Å². The van der Waals surface area contributed by atoms with E-state index in [0.717, 1.165) is 53.5 Å². The van der Waals surface area contributed by atoms with Gasteiger partial charge in [0.25, 0.3) is 0 Å². The van der Waals surface area contributed by atoms with Gasteiger partial charge in [-0.2, -0.15) is 0 Å². The van der Waals surface area contributed by atoms with Crippen molar-refractivity contribution >= 4 is 38.7 Å². The summed E-state index contributed by atoms with van der Waals surface area (Å²) in [7, 11) is 0. The molecule has 7 nitrogen and oxygen atoms in total. The first-order valence-corrected chi connectivity index (χ1v) is 7.86. The quantitative estimate of drug-likeness (QED) is 0.752. The molecule has 8 heteroatoms. The van der Waals surface area contributed by atoms with Crippen LogP contribution in [0.25, 0.3) is 11.0 Å². The van der Waals surface area contributed by atoms with Crippen LogP contribution in [0.3, 0.4) is 0 Å². The highest BCUT2D eigenvalue weighted by Gasteiger charge is 2.21. The zero-order chi connectivity index (χ0) is 14.9. The number of piperazine rings is 1. The van der Waals surface area contributed by atoms with Gasteiger partial charge in [0.15, 0.2) is 5.82 Å². The van der Waals surface area contributed by atoms with E-state index in [1.54, 1.807) is 18.7 Å². The molecule has 0 aromatic carbocycles. The van der Waals surface area contributed by atoms with Crippen LogP contribution in [0.1, 0.15) is 0 Å². The van der Waals surface area contributed by atoms with Gasteiger partial charge < -0.3 is 14.8 Å². The molecule has 0 atom stereocenters. The third-order valence-electron chi connectivity index (χ3n) is 3.79. The van der Waals surface area contributed by atoms with Crippen molar-refractivity contribution < 1.29 is 0 Å². The first-order chi connectivity index (χ1) is 10.8. The molecule has 1 aliphatic rings. The van der Waals surface area contributed by atoms with Crippen molar-refractivity contribution in [1.29, 1.82) is 0 Å². The second-order valence-corrected chi connectivity index (χ2v) is 6.03. The molecule has 1 aliphatic heterocycles. The Morgan fingerprint density at radius 3 is 2.45 bits per heavy atom. The molecule has 1 saturated heterocycles. The van der Waals surface area contributed by atoms with E-state index in [1.807, 2.05) is 12.3 Å². The molecule has 0 saturated carbocycles. The Kier molecular flexibility index (Phi) is 3.38. The van der Waals surface area contributed by atoms with Crippen LogP contribution < -0.4 is 9.80 Å². The number of hydrogen-bond acceptors (Lipinski definition) is 6. The highest BCUT2D eigenvalue weighted by atomic mass is 79.9. The lowest BCUT2D eigenvalue weighted by molar-refractivity contribution is 0.635. The second kappa shape index (κ2) is 5.53. The van der Waals surface area contributed by atoms with Crippen molar-refractivity contribution in [3.8, 4) is 0 Å². The zero-order valence-electron chi connectivity index (χ0n) is 11.8. The number of hydrogen-bond donors (Lipinski definition) is 1. The Labute approximate surface area is 135 Å². The summed E-state index contributed by atoms with van der Waals surface area (Å²) < 4.78 is 0.894. The Morgan fingerprint density at radius 1 is 0.955 bits per heavy atom. The molecule has 22 heavy (non-hydrogen) atoms. The fourth-order valence-corrected chi connectivity index (χ4v) is 2.89. The van der Waals surface area contributed by atoms with Gasteiger partial charge in [0.05, 0.1) is 9.99 Å². The number of nitrogens with one attached hydrogen (secondary N) is 1. The number of aromatic nitrogens is 5. The third kappa shape index (κ3) is 2.39. The molecular formula is C14H14BrN7. The van der Waals surface area contributed by atoms with Gasteiger partial charge in [-0.15, -0.1) is 0 Å². The molecule has 3 aromatic heterocycles. The molecule has 4 rings (SSSR count). The van der Waals surface area contributed by atoms with Crippen LogP contribution >= 0.6 is 15.9 Å². The summed E-state index contributed by atoms with van der Waals surface area (Å²) in [5, 5.41) is 0. The molecule has 0 radical (unpaired) electrons. The number of fused-ring (bicyclic) bond motifs is 1. The van der Waals surface area contributed by atoms with E-state index in [2.05, 4.69) is 50.6 Å². The van der Waals surface area contributed by atoms with Crippen molar-refractivity contribution in [2.24, 2.45) is 0 Å². The minimum Gasteiger partial charge on any atom is -0.357 e. The minimum absolute atomic E-state index is 0.774. The second-order valence-electron chi connectivity index (χ2n) is 5.11. The third-order valence-corrected chi connectivity index (χ3v) is 4.20. The first kappa shape index (κ1) is 13.4.